The average molecular weight is 450 g/mol. The van der Waals surface area contributed by atoms with Gasteiger partial charge in [0.15, 0.2) is 6.04 Å². The van der Waals surface area contributed by atoms with Crippen molar-refractivity contribution in [3.05, 3.63) is 47.7 Å². The second-order valence-electron chi connectivity index (χ2n) is 8.09. The molecule has 2 aliphatic rings. The zero-order valence-electron chi connectivity index (χ0n) is 17.6. The summed E-state index contributed by atoms with van der Waals surface area (Å²) in [6, 6.07) is 6.37. The van der Waals surface area contributed by atoms with Crippen molar-refractivity contribution in [1.29, 1.82) is 0 Å². The Bertz CT molecular complexity index is 977. The molecule has 1 fully saturated rings. The number of benzene rings is 1. The molecule has 3 heterocycles. The molecule has 1 N–H and O–H groups in total. The maximum atomic E-state index is 13.9. The Balaban J connectivity index is 1.63. The van der Waals surface area contributed by atoms with Crippen molar-refractivity contribution >= 4 is 17.7 Å². The van der Waals surface area contributed by atoms with Crippen LogP contribution in [0.4, 0.5) is 19.0 Å². The Kier molecular flexibility index (Phi) is 6.12. The Morgan fingerprint density at radius 1 is 1.25 bits per heavy atom. The maximum absolute atomic E-state index is 13.9. The standard InChI is InChI=1S/C22H25F3N4O3/c1-2-32-21(31)15-9-6-10-28(13-15)20(30)16-12-26-29-18(22(23,24)25)11-17(27-19(16)29)14-7-4-3-5-8-14/h3-5,7-8,12,15,17-18,27H,2,6,9-11,13H2,1H3/t15-,17+,18-/m1/s1. The predicted molar refractivity (Wildman–Crippen MR) is 110 cm³/mol. The third kappa shape index (κ3) is 4.31. The highest BCUT2D eigenvalue weighted by molar-refractivity contribution is 5.99. The van der Waals surface area contributed by atoms with Gasteiger partial charge in [-0.1, -0.05) is 30.3 Å². The molecule has 7 nitrogen and oxygen atoms in total. The van der Waals surface area contributed by atoms with E-state index in [0.29, 0.717) is 24.9 Å². The van der Waals surface area contributed by atoms with Crippen LogP contribution in [0.25, 0.3) is 0 Å². The first kappa shape index (κ1) is 22.2. The molecule has 0 radical (unpaired) electrons. The summed E-state index contributed by atoms with van der Waals surface area (Å²) in [4.78, 5) is 26.9. The fourth-order valence-electron chi connectivity index (χ4n) is 4.41. The van der Waals surface area contributed by atoms with Crippen molar-refractivity contribution < 1.29 is 27.5 Å². The largest absolute Gasteiger partial charge is 0.466 e. The Morgan fingerprint density at radius 2 is 2.00 bits per heavy atom. The highest BCUT2D eigenvalue weighted by Gasteiger charge is 2.47. The number of likely N-dealkylation sites (tertiary alicyclic amines) is 1. The van der Waals surface area contributed by atoms with Crippen LogP contribution >= 0.6 is 0 Å². The highest BCUT2D eigenvalue weighted by Crippen LogP contribution is 2.44. The molecule has 1 saturated heterocycles. The number of nitrogens with one attached hydrogen (secondary N) is 1. The second kappa shape index (κ2) is 8.84. The van der Waals surface area contributed by atoms with Gasteiger partial charge in [0.2, 0.25) is 0 Å². The van der Waals surface area contributed by atoms with Crippen LogP contribution in [0.2, 0.25) is 0 Å². The molecule has 3 atom stereocenters. The fourth-order valence-corrected chi connectivity index (χ4v) is 4.41. The minimum atomic E-state index is -4.52. The van der Waals surface area contributed by atoms with Crippen molar-refractivity contribution in [2.24, 2.45) is 5.92 Å². The van der Waals surface area contributed by atoms with Crippen LogP contribution in [-0.4, -0.2) is 52.4 Å². The first-order valence-electron chi connectivity index (χ1n) is 10.7. The van der Waals surface area contributed by atoms with E-state index in [9.17, 15) is 22.8 Å². The zero-order valence-corrected chi connectivity index (χ0v) is 17.6. The summed E-state index contributed by atoms with van der Waals surface area (Å²) in [6.45, 7) is 2.57. The van der Waals surface area contributed by atoms with Gasteiger partial charge in [-0.25, -0.2) is 4.68 Å². The molecule has 0 aliphatic carbocycles. The van der Waals surface area contributed by atoms with Crippen molar-refractivity contribution in [1.82, 2.24) is 14.7 Å². The van der Waals surface area contributed by atoms with Gasteiger partial charge in [0.05, 0.1) is 24.8 Å². The lowest BCUT2D eigenvalue weighted by Crippen LogP contribution is -2.43. The van der Waals surface area contributed by atoms with E-state index in [1.807, 2.05) is 0 Å². The number of hydrogen-bond acceptors (Lipinski definition) is 5. The van der Waals surface area contributed by atoms with E-state index < -0.39 is 30.1 Å². The van der Waals surface area contributed by atoms with Crippen LogP contribution in [0, 0.1) is 5.92 Å². The Hall–Kier alpha value is -3.04. The number of esters is 1. The lowest BCUT2D eigenvalue weighted by molar-refractivity contribution is -0.173. The molecule has 1 aromatic heterocycles. The molecule has 0 bridgehead atoms. The Labute approximate surface area is 183 Å². The number of piperidine rings is 1. The van der Waals surface area contributed by atoms with Crippen LogP contribution in [0.15, 0.2) is 36.5 Å². The van der Waals surface area contributed by atoms with Crippen LogP contribution in [0.3, 0.4) is 0 Å². The molecule has 4 rings (SSSR count). The van der Waals surface area contributed by atoms with E-state index >= 15 is 0 Å². The first-order chi connectivity index (χ1) is 15.3. The average Bonchev–Trinajstić information content (AvgIpc) is 3.22. The summed E-state index contributed by atoms with van der Waals surface area (Å²) in [5.74, 6) is -1.19. The van der Waals surface area contributed by atoms with Gasteiger partial charge in [0.1, 0.15) is 11.4 Å². The van der Waals surface area contributed by atoms with Gasteiger partial charge in [-0.05, 0) is 25.3 Å². The number of amides is 1. The molecule has 0 saturated carbocycles. The minimum Gasteiger partial charge on any atom is -0.466 e. The number of ether oxygens (including phenoxy) is 1. The van der Waals surface area contributed by atoms with Gasteiger partial charge in [-0.3, -0.25) is 9.59 Å². The number of anilines is 1. The van der Waals surface area contributed by atoms with E-state index in [1.54, 1.807) is 37.3 Å². The quantitative estimate of drug-likeness (QED) is 0.714. The van der Waals surface area contributed by atoms with Crippen molar-refractivity contribution in [3.8, 4) is 0 Å². The van der Waals surface area contributed by atoms with Gasteiger partial charge in [-0.2, -0.15) is 18.3 Å². The van der Waals surface area contributed by atoms with E-state index in [4.69, 9.17) is 4.74 Å². The number of carbonyl (C=O) groups excluding carboxylic acids is 2. The van der Waals surface area contributed by atoms with Crippen molar-refractivity contribution in [3.63, 3.8) is 0 Å². The van der Waals surface area contributed by atoms with Gasteiger partial charge < -0.3 is 15.0 Å². The van der Waals surface area contributed by atoms with Gasteiger partial charge in [0.25, 0.3) is 5.91 Å². The third-order valence-corrected chi connectivity index (χ3v) is 6.00. The highest BCUT2D eigenvalue weighted by atomic mass is 19.4. The molecular formula is C22H25F3N4O3. The van der Waals surface area contributed by atoms with Crippen LogP contribution in [-0.2, 0) is 9.53 Å². The van der Waals surface area contributed by atoms with E-state index in [-0.39, 0.29) is 36.9 Å². The maximum Gasteiger partial charge on any atom is 0.410 e. The summed E-state index contributed by atoms with van der Waals surface area (Å²) < 4.78 is 47.5. The topological polar surface area (TPSA) is 76.5 Å². The second-order valence-corrected chi connectivity index (χ2v) is 8.09. The molecule has 0 unspecified atom stereocenters. The van der Waals surface area contributed by atoms with Gasteiger partial charge in [0, 0.05) is 19.5 Å². The number of hydrogen-bond donors (Lipinski definition) is 1. The molecule has 0 spiro atoms. The number of fused-ring (bicyclic) bond motifs is 1. The first-order valence-corrected chi connectivity index (χ1v) is 10.7. The Morgan fingerprint density at radius 3 is 2.69 bits per heavy atom. The number of rotatable bonds is 4. The summed E-state index contributed by atoms with van der Waals surface area (Å²) in [5, 5.41) is 7.03. The van der Waals surface area contributed by atoms with Gasteiger partial charge in [-0.15, -0.1) is 0 Å². The molecule has 2 aliphatic heterocycles. The molecule has 1 aromatic carbocycles. The molecule has 32 heavy (non-hydrogen) atoms. The molecule has 2 aromatic rings. The van der Waals surface area contributed by atoms with E-state index in [1.165, 1.54) is 11.1 Å². The number of nitrogens with zero attached hydrogens (tertiary/aromatic N) is 3. The van der Waals surface area contributed by atoms with Crippen molar-refractivity contribution in [2.75, 3.05) is 25.0 Å². The molecule has 172 valence electrons. The number of halogens is 3. The normalized spacial score (nSPS) is 23.2. The van der Waals surface area contributed by atoms with Crippen LogP contribution in [0.5, 0.6) is 0 Å². The van der Waals surface area contributed by atoms with E-state index in [0.717, 1.165) is 4.68 Å². The summed E-state index contributed by atoms with van der Waals surface area (Å²) in [7, 11) is 0. The van der Waals surface area contributed by atoms with Crippen LogP contribution in [0.1, 0.15) is 54.2 Å². The SMILES string of the molecule is CCOC(=O)[C@@H]1CCCN(C(=O)c2cnn3c2N[C@H](c2ccccc2)C[C@@H]3C(F)(F)F)C1. The molecule has 1 amide bonds. The van der Waals surface area contributed by atoms with Crippen LogP contribution < -0.4 is 5.32 Å². The monoisotopic (exact) mass is 450 g/mol. The molecule has 10 heteroatoms. The number of aromatic nitrogens is 2. The lowest BCUT2D eigenvalue weighted by Gasteiger charge is -2.35. The summed E-state index contributed by atoms with van der Waals surface area (Å²) in [5.41, 5.74) is 0.775. The molecular weight excluding hydrogens is 425 g/mol. The third-order valence-electron chi connectivity index (χ3n) is 6.00. The smallest absolute Gasteiger partial charge is 0.410 e. The van der Waals surface area contributed by atoms with Gasteiger partial charge >= 0.3 is 12.1 Å². The van der Waals surface area contributed by atoms with Crippen molar-refractivity contribution in [2.45, 2.75) is 44.4 Å². The lowest BCUT2D eigenvalue weighted by atomic mass is 9.96. The minimum absolute atomic E-state index is 0.0516. The number of alkyl halides is 3. The van der Waals surface area contributed by atoms with E-state index in [2.05, 4.69) is 10.4 Å². The fraction of sp³-hybridized carbons (Fsp3) is 0.500. The summed E-state index contributed by atoms with van der Waals surface area (Å²) >= 11 is 0. The summed E-state index contributed by atoms with van der Waals surface area (Å²) in [6.07, 6.45) is -2.34. The zero-order chi connectivity index (χ0) is 22.9. The number of carbonyl (C=O) groups is 2. The predicted octanol–water partition coefficient (Wildman–Crippen LogP) is 3.96.